The molecule has 0 N–H and O–H groups in total. The lowest BCUT2D eigenvalue weighted by Gasteiger charge is -2.16. The molecule has 0 aromatic carbocycles. The van der Waals surface area contributed by atoms with Gasteiger partial charge in [0.25, 0.3) is 0 Å². The van der Waals surface area contributed by atoms with Crippen LogP contribution < -0.4 is 0 Å². The lowest BCUT2D eigenvalue weighted by molar-refractivity contribution is -0.313. The minimum Gasteiger partial charge on any atom is -0.325 e. The molecule has 0 aliphatic heterocycles. The van der Waals surface area contributed by atoms with Crippen LogP contribution >= 0.6 is 0 Å². The van der Waals surface area contributed by atoms with E-state index in [2.05, 4.69) is 29.0 Å². The smallest absolute Gasteiger partial charge is 0.325 e. The number of carbonyl (C=O) groups is 3. The molecule has 0 radical (unpaired) electrons. The van der Waals surface area contributed by atoms with E-state index >= 15 is 0 Å². The van der Waals surface area contributed by atoms with Crippen molar-refractivity contribution in [1.29, 1.82) is 0 Å². The van der Waals surface area contributed by atoms with Crippen LogP contribution in [0, 0.1) is 0 Å². The molecule has 0 fully saturated rings. The summed E-state index contributed by atoms with van der Waals surface area (Å²) in [5.74, 6) is 0. The van der Waals surface area contributed by atoms with Gasteiger partial charge in [-0.1, -0.05) is 0 Å². The van der Waals surface area contributed by atoms with Gasteiger partial charge in [-0.05, 0) is 41.5 Å². The Labute approximate surface area is 115 Å². The Hall–Kier alpha value is -1.87. The fourth-order valence-electron chi connectivity index (χ4n) is 0.509. The van der Waals surface area contributed by atoms with Crippen LogP contribution in [0.1, 0.15) is 41.5 Å². The van der Waals surface area contributed by atoms with Crippen molar-refractivity contribution in [3.8, 4) is 0 Å². The van der Waals surface area contributed by atoms with E-state index in [4.69, 9.17) is 0 Å². The predicted molar refractivity (Wildman–Crippen MR) is 62.2 cm³/mol. The molecule has 0 saturated carbocycles. The topological polar surface area (TPSA) is 107 Å². The van der Waals surface area contributed by atoms with Crippen LogP contribution in [-0.2, 0) is 29.0 Å². The van der Waals surface area contributed by atoms with Gasteiger partial charge in [0.05, 0.1) is 0 Å². The molecule has 0 aromatic rings. The summed E-state index contributed by atoms with van der Waals surface area (Å²) in [5.41, 5.74) is -1.58. The van der Waals surface area contributed by atoms with Gasteiger partial charge in [0.2, 0.25) is 0 Å². The highest BCUT2D eigenvalue weighted by atomic mass is 17.3. The molecule has 9 nitrogen and oxygen atoms in total. The van der Waals surface area contributed by atoms with E-state index in [9.17, 15) is 14.4 Å². The molecule has 0 aliphatic rings. The molecule has 0 aromatic heterocycles. The molecule has 0 amide bonds. The fourth-order valence-corrected chi connectivity index (χ4v) is 0.509. The normalized spacial score (nSPS) is 11.5. The van der Waals surface area contributed by atoms with E-state index in [1.807, 2.05) is 0 Å². The first-order chi connectivity index (χ1) is 8.89. The van der Waals surface area contributed by atoms with Gasteiger partial charge < -0.3 is 9.47 Å². The number of ether oxygens (including phenoxy) is 2. The van der Waals surface area contributed by atoms with Crippen LogP contribution in [0.25, 0.3) is 0 Å². The molecule has 20 heavy (non-hydrogen) atoms. The zero-order chi connectivity index (χ0) is 16.0. The van der Waals surface area contributed by atoms with Gasteiger partial charge in [0, 0.05) is 0 Å². The summed E-state index contributed by atoms with van der Waals surface area (Å²) in [7, 11) is 0. The lowest BCUT2D eigenvalue weighted by Crippen LogP contribution is -2.26. The number of hydrogen-bond donors (Lipinski definition) is 0. The zero-order valence-electron chi connectivity index (χ0n) is 12.2. The first-order valence-electron chi connectivity index (χ1n) is 5.58. The molecule has 0 saturated heterocycles. The first kappa shape index (κ1) is 18.1. The maximum atomic E-state index is 11.0. The molecule has 0 atom stereocenters. The second-order valence-corrected chi connectivity index (χ2v) is 5.51. The van der Waals surface area contributed by atoms with E-state index in [0.29, 0.717) is 0 Å². The van der Waals surface area contributed by atoms with Crippen molar-refractivity contribution in [3.63, 3.8) is 0 Å². The first-order valence-corrected chi connectivity index (χ1v) is 5.58. The summed E-state index contributed by atoms with van der Waals surface area (Å²) in [5, 5.41) is 0. The molecule has 0 spiro atoms. The van der Waals surface area contributed by atoms with Crippen molar-refractivity contribution in [2.45, 2.75) is 52.7 Å². The molecule has 0 unspecified atom stereocenters. The summed E-state index contributed by atoms with van der Waals surface area (Å²) in [6.45, 7) is 9.58. The summed E-state index contributed by atoms with van der Waals surface area (Å²) in [6.07, 6.45) is -4.63. The van der Waals surface area contributed by atoms with Crippen molar-refractivity contribution < 1.29 is 43.4 Å². The average molecular weight is 294 g/mol. The van der Waals surface area contributed by atoms with Crippen LogP contribution in [-0.4, -0.2) is 29.7 Å². The van der Waals surface area contributed by atoms with Gasteiger partial charge in [0.15, 0.2) is 0 Å². The van der Waals surface area contributed by atoms with Crippen LogP contribution in [0.3, 0.4) is 0 Å². The summed E-state index contributed by atoms with van der Waals surface area (Å²) >= 11 is 0. The third-order valence-corrected chi connectivity index (χ3v) is 1.05. The van der Waals surface area contributed by atoms with Crippen LogP contribution in [0.15, 0.2) is 0 Å². The third-order valence-electron chi connectivity index (χ3n) is 1.05. The fraction of sp³-hybridized carbons (Fsp3) is 0.727. The number of carbonyl (C=O) groups excluding carboxylic acids is 3. The van der Waals surface area contributed by atoms with E-state index < -0.39 is 29.7 Å². The lowest BCUT2D eigenvalue weighted by atomic mass is 10.2. The molecule has 0 rings (SSSR count). The Morgan fingerprint density at radius 2 is 0.900 bits per heavy atom. The molecule has 9 heteroatoms. The quantitative estimate of drug-likeness (QED) is 0.328. The molecule has 0 heterocycles. The van der Waals surface area contributed by atoms with Gasteiger partial charge in [-0.25, -0.2) is 14.4 Å². The number of rotatable bonds is 2. The molecule has 0 aliphatic carbocycles. The Morgan fingerprint density at radius 3 is 1.15 bits per heavy atom. The van der Waals surface area contributed by atoms with E-state index in [1.54, 1.807) is 41.5 Å². The maximum absolute atomic E-state index is 11.0. The maximum Gasteiger partial charge on any atom is 0.550 e. The predicted octanol–water partition coefficient (Wildman–Crippen LogP) is 2.87. The Bertz CT molecular complexity index is 327. The van der Waals surface area contributed by atoms with Crippen molar-refractivity contribution in [3.05, 3.63) is 0 Å². The van der Waals surface area contributed by atoms with Gasteiger partial charge in [-0.3, -0.25) is 9.78 Å². The van der Waals surface area contributed by atoms with Crippen molar-refractivity contribution in [1.82, 2.24) is 0 Å². The highest BCUT2D eigenvalue weighted by molar-refractivity contribution is 5.83. The summed E-state index contributed by atoms with van der Waals surface area (Å²) in [4.78, 5) is 50.2. The minimum atomic E-state index is -1.64. The van der Waals surface area contributed by atoms with Crippen molar-refractivity contribution >= 4 is 18.5 Å². The average Bonchev–Trinajstić information content (AvgIpc) is 2.21. The van der Waals surface area contributed by atoms with Crippen LogP contribution in [0.2, 0.25) is 0 Å². The summed E-state index contributed by atoms with van der Waals surface area (Å²) in [6, 6.07) is 0. The number of hydrogen-bond acceptors (Lipinski definition) is 9. The van der Waals surface area contributed by atoms with E-state index in [-0.39, 0.29) is 0 Å². The SMILES string of the molecule is CC(C)(C)OOC(=O)OC(=O)OC(=O)OOC(C)(C)C. The van der Waals surface area contributed by atoms with Gasteiger partial charge in [-0.15, -0.1) is 0 Å². The molecular weight excluding hydrogens is 276 g/mol. The van der Waals surface area contributed by atoms with Crippen molar-refractivity contribution in [2.75, 3.05) is 0 Å². The highest BCUT2D eigenvalue weighted by Gasteiger charge is 2.23. The zero-order valence-corrected chi connectivity index (χ0v) is 12.2. The molecular formula is C11H18O9. The van der Waals surface area contributed by atoms with Gasteiger partial charge >= 0.3 is 18.5 Å². The summed E-state index contributed by atoms with van der Waals surface area (Å²) < 4.78 is 7.89. The van der Waals surface area contributed by atoms with Gasteiger partial charge in [0.1, 0.15) is 11.2 Å². The largest absolute Gasteiger partial charge is 0.550 e. The van der Waals surface area contributed by atoms with Crippen LogP contribution in [0.4, 0.5) is 14.4 Å². The monoisotopic (exact) mass is 294 g/mol. The second-order valence-electron chi connectivity index (χ2n) is 5.51. The van der Waals surface area contributed by atoms with Crippen LogP contribution in [0.5, 0.6) is 0 Å². The standard InChI is InChI=1S/C11H18O9/c1-10(2,3)19-17-8(13)15-7(12)16-9(14)18-20-11(4,5)6/h1-6H3. The van der Waals surface area contributed by atoms with E-state index in [1.165, 1.54) is 0 Å². The Balaban J connectivity index is 3.99. The highest BCUT2D eigenvalue weighted by Crippen LogP contribution is 2.09. The third kappa shape index (κ3) is 11.2. The Kier molecular flexibility index (Phi) is 6.40. The molecule has 116 valence electrons. The van der Waals surface area contributed by atoms with Gasteiger partial charge in [-0.2, -0.15) is 9.78 Å². The van der Waals surface area contributed by atoms with E-state index in [0.717, 1.165) is 0 Å². The Morgan fingerprint density at radius 1 is 0.600 bits per heavy atom. The minimum absolute atomic E-state index is 0.789. The second kappa shape index (κ2) is 7.06. The molecule has 0 bridgehead atoms. The van der Waals surface area contributed by atoms with Crippen molar-refractivity contribution in [2.24, 2.45) is 0 Å².